The Kier molecular flexibility index (Phi) is 3.75. The van der Waals surface area contributed by atoms with E-state index in [0.29, 0.717) is 6.04 Å². The predicted octanol–water partition coefficient (Wildman–Crippen LogP) is 1.51. The van der Waals surface area contributed by atoms with Crippen LogP contribution < -0.4 is 5.32 Å². The van der Waals surface area contributed by atoms with Crippen LogP contribution in [0.1, 0.15) is 31.2 Å². The molecule has 0 aromatic carbocycles. The van der Waals surface area contributed by atoms with Crippen molar-refractivity contribution in [3.05, 3.63) is 17.5 Å². The number of rotatable bonds is 4. The highest BCUT2D eigenvalue weighted by molar-refractivity contribution is 5.04. The van der Waals surface area contributed by atoms with Crippen LogP contribution in [0.5, 0.6) is 0 Å². The monoisotopic (exact) mass is 210 g/mol. The van der Waals surface area contributed by atoms with Gasteiger partial charge in [0, 0.05) is 25.3 Å². The Balaban J connectivity index is 1.76. The molecule has 1 aromatic rings. The molecule has 15 heavy (non-hydrogen) atoms. The SMILES string of the molecule is CCc1cc(CNC2CCOCC2)on1. The average molecular weight is 210 g/mol. The summed E-state index contributed by atoms with van der Waals surface area (Å²) in [5.74, 6) is 0.929. The molecule has 1 aliphatic heterocycles. The summed E-state index contributed by atoms with van der Waals surface area (Å²) in [5, 5.41) is 7.42. The van der Waals surface area contributed by atoms with Gasteiger partial charge in [0.2, 0.25) is 0 Å². The summed E-state index contributed by atoms with van der Waals surface area (Å²) in [6.07, 6.45) is 3.12. The van der Waals surface area contributed by atoms with Crippen molar-refractivity contribution in [3.8, 4) is 0 Å². The highest BCUT2D eigenvalue weighted by atomic mass is 16.5. The number of nitrogens with zero attached hydrogens (tertiary/aromatic N) is 1. The summed E-state index contributed by atoms with van der Waals surface area (Å²) in [4.78, 5) is 0. The van der Waals surface area contributed by atoms with E-state index in [4.69, 9.17) is 9.26 Å². The van der Waals surface area contributed by atoms with E-state index in [2.05, 4.69) is 17.4 Å². The molecular formula is C11H18N2O2. The third kappa shape index (κ3) is 3.04. The third-order valence-electron chi connectivity index (χ3n) is 2.76. The number of hydrogen-bond acceptors (Lipinski definition) is 4. The predicted molar refractivity (Wildman–Crippen MR) is 56.6 cm³/mol. The molecule has 0 atom stereocenters. The van der Waals surface area contributed by atoms with Crippen LogP contribution in [0.25, 0.3) is 0 Å². The van der Waals surface area contributed by atoms with Crippen molar-refractivity contribution in [1.82, 2.24) is 10.5 Å². The molecular weight excluding hydrogens is 192 g/mol. The molecule has 0 bridgehead atoms. The van der Waals surface area contributed by atoms with Gasteiger partial charge in [-0.25, -0.2) is 0 Å². The Hall–Kier alpha value is -0.870. The van der Waals surface area contributed by atoms with Crippen LogP contribution in [0.3, 0.4) is 0 Å². The van der Waals surface area contributed by atoms with Crippen LogP contribution in [-0.4, -0.2) is 24.4 Å². The number of ether oxygens (including phenoxy) is 1. The molecule has 1 N–H and O–H groups in total. The van der Waals surface area contributed by atoms with Crippen molar-refractivity contribution in [3.63, 3.8) is 0 Å². The van der Waals surface area contributed by atoms with E-state index in [1.54, 1.807) is 0 Å². The van der Waals surface area contributed by atoms with Gasteiger partial charge in [-0.2, -0.15) is 0 Å². The molecule has 0 unspecified atom stereocenters. The fraction of sp³-hybridized carbons (Fsp3) is 0.727. The Morgan fingerprint density at radius 3 is 2.93 bits per heavy atom. The fourth-order valence-electron chi connectivity index (χ4n) is 1.75. The summed E-state index contributed by atoms with van der Waals surface area (Å²) in [7, 11) is 0. The summed E-state index contributed by atoms with van der Waals surface area (Å²) in [6.45, 7) is 4.59. The summed E-state index contributed by atoms with van der Waals surface area (Å²) in [5.41, 5.74) is 1.03. The quantitative estimate of drug-likeness (QED) is 0.818. The second-order valence-corrected chi connectivity index (χ2v) is 3.91. The summed E-state index contributed by atoms with van der Waals surface area (Å²) in [6, 6.07) is 2.58. The molecule has 1 saturated heterocycles. The van der Waals surface area contributed by atoms with Gasteiger partial charge in [-0.3, -0.25) is 0 Å². The maximum absolute atomic E-state index is 5.30. The first kappa shape index (κ1) is 10.6. The molecule has 0 spiro atoms. The maximum Gasteiger partial charge on any atom is 0.150 e. The lowest BCUT2D eigenvalue weighted by atomic mass is 10.1. The van der Waals surface area contributed by atoms with Crippen molar-refractivity contribution < 1.29 is 9.26 Å². The maximum atomic E-state index is 5.30. The topological polar surface area (TPSA) is 47.3 Å². The number of aromatic nitrogens is 1. The van der Waals surface area contributed by atoms with Gasteiger partial charge in [0.25, 0.3) is 0 Å². The minimum atomic E-state index is 0.564. The van der Waals surface area contributed by atoms with Crippen molar-refractivity contribution in [2.75, 3.05) is 13.2 Å². The van der Waals surface area contributed by atoms with E-state index in [1.165, 1.54) is 0 Å². The van der Waals surface area contributed by atoms with Crippen molar-refractivity contribution >= 4 is 0 Å². The van der Waals surface area contributed by atoms with Crippen LogP contribution in [-0.2, 0) is 17.7 Å². The molecule has 2 rings (SSSR count). The summed E-state index contributed by atoms with van der Waals surface area (Å²) >= 11 is 0. The molecule has 0 radical (unpaired) electrons. The van der Waals surface area contributed by atoms with Gasteiger partial charge in [0.1, 0.15) is 0 Å². The molecule has 4 nitrogen and oxygen atoms in total. The molecule has 4 heteroatoms. The molecule has 84 valence electrons. The van der Waals surface area contributed by atoms with Crippen LogP contribution in [0, 0.1) is 0 Å². The first-order valence-corrected chi connectivity index (χ1v) is 5.64. The highest BCUT2D eigenvalue weighted by Crippen LogP contribution is 2.09. The van der Waals surface area contributed by atoms with Crippen LogP contribution in [0.4, 0.5) is 0 Å². The van der Waals surface area contributed by atoms with Gasteiger partial charge in [-0.05, 0) is 19.3 Å². The van der Waals surface area contributed by atoms with Gasteiger partial charge >= 0.3 is 0 Å². The number of nitrogens with one attached hydrogen (secondary N) is 1. The zero-order valence-corrected chi connectivity index (χ0v) is 9.16. The normalized spacial score (nSPS) is 18.2. The zero-order valence-electron chi connectivity index (χ0n) is 9.16. The van der Waals surface area contributed by atoms with Crippen LogP contribution in [0.15, 0.2) is 10.6 Å². The molecule has 1 aliphatic rings. The van der Waals surface area contributed by atoms with Crippen LogP contribution >= 0.6 is 0 Å². The van der Waals surface area contributed by atoms with E-state index in [1.807, 2.05) is 6.07 Å². The molecule has 0 aliphatic carbocycles. The van der Waals surface area contributed by atoms with E-state index in [0.717, 1.165) is 50.5 Å². The van der Waals surface area contributed by atoms with Gasteiger partial charge in [-0.1, -0.05) is 12.1 Å². The smallest absolute Gasteiger partial charge is 0.150 e. The van der Waals surface area contributed by atoms with Gasteiger partial charge in [-0.15, -0.1) is 0 Å². The third-order valence-corrected chi connectivity index (χ3v) is 2.76. The molecule has 2 heterocycles. The average Bonchev–Trinajstić information content (AvgIpc) is 2.76. The molecule has 0 amide bonds. The van der Waals surface area contributed by atoms with Crippen molar-refractivity contribution in [1.29, 1.82) is 0 Å². The standard InChI is InChI=1S/C11H18N2O2/c1-2-9-7-11(15-13-9)8-12-10-3-5-14-6-4-10/h7,10,12H,2-6,8H2,1H3. The van der Waals surface area contributed by atoms with Crippen molar-refractivity contribution in [2.24, 2.45) is 0 Å². The Labute approximate surface area is 90.0 Å². The molecule has 1 aromatic heterocycles. The Morgan fingerprint density at radius 1 is 1.47 bits per heavy atom. The molecule has 1 fully saturated rings. The lowest BCUT2D eigenvalue weighted by Gasteiger charge is -2.22. The van der Waals surface area contributed by atoms with Crippen LogP contribution in [0.2, 0.25) is 0 Å². The fourth-order valence-corrected chi connectivity index (χ4v) is 1.75. The lowest BCUT2D eigenvalue weighted by molar-refractivity contribution is 0.0769. The highest BCUT2D eigenvalue weighted by Gasteiger charge is 2.13. The zero-order chi connectivity index (χ0) is 10.5. The van der Waals surface area contributed by atoms with Gasteiger partial charge in [0.05, 0.1) is 12.2 Å². The minimum Gasteiger partial charge on any atom is -0.381 e. The second-order valence-electron chi connectivity index (χ2n) is 3.91. The first-order chi connectivity index (χ1) is 7.38. The lowest BCUT2D eigenvalue weighted by Crippen LogP contribution is -2.34. The largest absolute Gasteiger partial charge is 0.381 e. The van der Waals surface area contributed by atoms with E-state index in [-0.39, 0.29) is 0 Å². The van der Waals surface area contributed by atoms with E-state index >= 15 is 0 Å². The van der Waals surface area contributed by atoms with Crippen molar-refractivity contribution in [2.45, 2.75) is 38.8 Å². The first-order valence-electron chi connectivity index (χ1n) is 5.64. The molecule has 0 saturated carbocycles. The summed E-state index contributed by atoms with van der Waals surface area (Å²) < 4.78 is 10.5. The Morgan fingerprint density at radius 2 is 2.27 bits per heavy atom. The minimum absolute atomic E-state index is 0.564. The second kappa shape index (κ2) is 5.28. The van der Waals surface area contributed by atoms with E-state index < -0.39 is 0 Å². The number of hydrogen-bond donors (Lipinski definition) is 1. The van der Waals surface area contributed by atoms with E-state index in [9.17, 15) is 0 Å². The van der Waals surface area contributed by atoms with Gasteiger partial charge in [0.15, 0.2) is 5.76 Å². The Bertz CT molecular complexity index is 293. The van der Waals surface area contributed by atoms with Gasteiger partial charge < -0.3 is 14.6 Å². The number of aryl methyl sites for hydroxylation is 1.